The van der Waals surface area contributed by atoms with Crippen molar-refractivity contribution < 1.29 is 9.47 Å². The average Bonchev–Trinajstić information content (AvgIpc) is 3.54. The highest BCUT2D eigenvalue weighted by Crippen LogP contribution is 2.46. The molecule has 3 nitrogen and oxygen atoms in total. The normalized spacial score (nSPS) is 12.0. The van der Waals surface area contributed by atoms with Gasteiger partial charge in [0.2, 0.25) is 0 Å². The first-order chi connectivity index (χ1) is 25.2. The molecule has 0 aliphatic carbocycles. The second-order valence-electron chi connectivity index (χ2n) is 12.8. The molecule has 1 heterocycles. The molecule has 0 atom stereocenters. The Kier molecular flexibility index (Phi) is 8.83. The highest BCUT2D eigenvalue weighted by molar-refractivity contribution is 6.10. The van der Waals surface area contributed by atoms with E-state index in [0.717, 1.165) is 60.9 Å². The maximum absolute atomic E-state index is 6.94. The Morgan fingerprint density at radius 3 is 1.00 bits per heavy atom. The van der Waals surface area contributed by atoms with Gasteiger partial charge < -0.3 is 14.0 Å². The minimum Gasteiger partial charge on any atom is -0.361 e. The van der Waals surface area contributed by atoms with Crippen molar-refractivity contribution >= 4 is 21.8 Å². The van der Waals surface area contributed by atoms with Crippen LogP contribution in [0.4, 0.5) is 0 Å². The smallest absolute Gasteiger partial charge is 0.143 e. The van der Waals surface area contributed by atoms with Crippen LogP contribution < -0.4 is 0 Å². The third kappa shape index (κ3) is 5.47. The first-order valence-corrected chi connectivity index (χ1v) is 17.9. The number of hydrogen-bond donors (Lipinski definition) is 0. The molecule has 8 aromatic rings. The number of fused-ring (bicyclic) bond motifs is 3. The van der Waals surface area contributed by atoms with Crippen LogP contribution in [0.2, 0.25) is 0 Å². The van der Waals surface area contributed by atoms with E-state index >= 15 is 0 Å². The quantitative estimate of drug-likeness (QED) is 0.129. The number of nitrogens with zero attached hydrogens (tertiary/aromatic N) is 1. The summed E-state index contributed by atoms with van der Waals surface area (Å²) in [6.45, 7) is 5.24. The molecule has 0 fully saturated rings. The fraction of sp³-hybridized carbons (Fsp3) is 0.125. The molecule has 0 bridgehead atoms. The summed E-state index contributed by atoms with van der Waals surface area (Å²) in [6, 6.07) is 66.8. The number of rotatable bonds is 11. The van der Waals surface area contributed by atoms with Crippen molar-refractivity contribution in [1.82, 2.24) is 4.57 Å². The van der Waals surface area contributed by atoms with Gasteiger partial charge in [0.05, 0.1) is 11.0 Å². The van der Waals surface area contributed by atoms with E-state index in [4.69, 9.17) is 9.47 Å². The maximum atomic E-state index is 6.94. The van der Waals surface area contributed by atoms with Gasteiger partial charge in [0.25, 0.3) is 0 Å². The Hall–Kier alpha value is -5.74. The number of para-hydroxylation sites is 1. The van der Waals surface area contributed by atoms with E-state index in [1.54, 1.807) is 0 Å². The van der Waals surface area contributed by atoms with E-state index in [1.165, 1.54) is 0 Å². The predicted octanol–water partition coefficient (Wildman–Crippen LogP) is 11.4. The molecular weight excluding hydrogens is 623 g/mol. The second-order valence-corrected chi connectivity index (χ2v) is 12.8. The molecule has 250 valence electrons. The van der Waals surface area contributed by atoms with Gasteiger partial charge in [-0.1, -0.05) is 152 Å². The molecule has 3 heteroatoms. The second kappa shape index (κ2) is 13.9. The van der Waals surface area contributed by atoms with Gasteiger partial charge in [0.1, 0.15) is 11.2 Å². The zero-order valence-electron chi connectivity index (χ0n) is 29.1. The standard InChI is InChI=1S/C48H41NO2/c1-3-50-47(36-20-10-5-11-21-36,37-22-12-6-13-23-37)40-30-32-45-43(34-40)44-35-41(31-33-46(44)49(45)42-28-18-9-19-29-42)48(51-4-2,38-24-14-7-15-25-38)39-26-16-8-17-27-39/h5-35H,3-4H2,1-2H3. The van der Waals surface area contributed by atoms with Gasteiger partial charge in [-0.15, -0.1) is 0 Å². The number of benzene rings is 7. The molecule has 0 spiro atoms. The molecule has 0 amide bonds. The number of ether oxygens (including phenoxy) is 2. The van der Waals surface area contributed by atoms with Gasteiger partial charge in [-0.25, -0.2) is 0 Å². The van der Waals surface area contributed by atoms with Crippen molar-refractivity contribution in [2.75, 3.05) is 13.2 Å². The van der Waals surface area contributed by atoms with Crippen LogP contribution in [0.3, 0.4) is 0 Å². The molecule has 0 radical (unpaired) electrons. The molecule has 0 N–H and O–H groups in total. The van der Waals surface area contributed by atoms with Crippen LogP contribution in [0.1, 0.15) is 47.2 Å². The fourth-order valence-electron chi connectivity index (χ4n) is 7.94. The number of aromatic nitrogens is 1. The fourth-order valence-corrected chi connectivity index (χ4v) is 7.94. The summed E-state index contributed by atoms with van der Waals surface area (Å²) in [7, 11) is 0. The summed E-state index contributed by atoms with van der Waals surface area (Å²) in [5.74, 6) is 0. The third-order valence-corrected chi connectivity index (χ3v) is 10.0. The van der Waals surface area contributed by atoms with Crippen molar-refractivity contribution in [3.63, 3.8) is 0 Å². The highest BCUT2D eigenvalue weighted by atomic mass is 16.5. The van der Waals surface area contributed by atoms with Crippen molar-refractivity contribution in [2.24, 2.45) is 0 Å². The molecule has 0 unspecified atom stereocenters. The Labute approximate surface area is 300 Å². The minimum atomic E-state index is -0.812. The van der Waals surface area contributed by atoms with Crippen LogP contribution in [0.5, 0.6) is 0 Å². The molecule has 51 heavy (non-hydrogen) atoms. The van der Waals surface area contributed by atoms with Gasteiger partial charge in [0.15, 0.2) is 0 Å². The van der Waals surface area contributed by atoms with Crippen LogP contribution in [0.25, 0.3) is 27.5 Å². The molecule has 8 rings (SSSR count). The van der Waals surface area contributed by atoms with E-state index in [1.807, 2.05) is 0 Å². The van der Waals surface area contributed by atoms with Gasteiger partial charge in [-0.2, -0.15) is 0 Å². The Morgan fingerprint density at radius 1 is 0.373 bits per heavy atom. The Bertz CT molecular complexity index is 2140. The first-order valence-electron chi connectivity index (χ1n) is 17.9. The zero-order chi connectivity index (χ0) is 34.7. The summed E-state index contributed by atoms with van der Waals surface area (Å²) in [5, 5.41) is 2.30. The molecular formula is C48H41NO2. The highest BCUT2D eigenvalue weighted by Gasteiger charge is 2.39. The molecule has 0 aliphatic rings. The molecule has 0 saturated carbocycles. The SMILES string of the molecule is CCOC(c1ccccc1)(c1ccccc1)c1ccc2c(c1)c1cc(C(OCC)(c3ccccc3)c3ccccc3)ccc1n2-c1ccccc1. The summed E-state index contributed by atoms with van der Waals surface area (Å²) in [4.78, 5) is 0. The largest absolute Gasteiger partial charge is 0.361 e. The van der Waals surface area contributed by atoms with Crippen LogP contribution >= 0.6 is 0 Å². The zero-order valence-corrected chi connectivity index (χ0v) is 29.1. The van der Waals surface area contributed by atoms with Crippen LogP contribution in [0, 0.1) is 0 Å². The van der Waals surface area contributed by atoms with Crippen LogP contribution in [-0.2, 0) is 20.7 Å². The Morgan fingerprint density at radius 2 is 0.686 bits per heavy atom. The lowest BCUT2D eigenvalue weighted by Gasteiger charge is -2.36. The predicted molar refractivity (Wildman–Crippen MR) is 210 cm³/mol. The lowest BCUT2D eigenvalue weighted by molar-refractivity contribution is 0.0215. The molecule has 0 saturated heterocycles. The van der Waals surface area contributed by atoms with Gasteiger partial charge >= 0.3 is 0 Å². The Balaban J connectivity index is 1.47. The van der Waals surface area contributed by atoms with Crippen molar-refractivity contribution in [3.8, 4) is 5.69 Å². The lowest BCUT2D eigenvalue weighted by Crippen LogP contribution is -2.33. The van der Waals surface area contributed by atoms with E-state index in [2.05, 4.69) is 206 Å². The summed E-state index contributed by atoms with van der Waals surface area (Å²) < 4.78 is 16.3. The van der Waals surface area contributed by atoms with Gasteiger partial charge in [-0.05, 0) is 83.6 Å². The van der Waals surface area contributed by atoms with Gasteiger partial charge in [-0.3, -0.25) is 0 Å². The van der Waals surface area contributed by atoms with Crippen molar-refractivity contribution in [3.05, 3.63) is 221 Å². The number of hydrogen-bond acceptors (Lipinski definition) is 2. The lowest BCUT2D eigenvalue weighted by atomic mass is 9.79. The average molecular weight is 664 g/mol. The molecule has 0 aliphatic heterocycles. The molecule has 1 aromatic heterocycles. The summed E-state index contributed by atoms with van der Waals surface area (Å²) in [6.07, 6.45) is 0. The van der Waals surface area contributed by atoms with E-state index < -0.39 is 11.2 Å². The summed E-state index contributed by atoms with van der Waals surface area (Å²) >= 11 is 0. The summed E-state index contributed by atoms with van der Waals surface area (Å²) in [5.41, 5.74) is 8.27. The third-order valence-electron chi connectivity index (χ3n) is 10.0. The maximum Gasteiger partial charge on any atom is 0.143 e. The molecule has 7 aromatic carbocycles. The van der Waals surface area contributed by atoms with E-state index in [-0.39, 0.29) is 0 Å². The van der Waals surface area contributed by atoms with Crippen molar-refractivity contribution in [2.45, 2.75) is 25.0 Å². The van der Waals surface area contributed by atoms with Crippen LogP contribution in [-0.4, -0.2) is 17.8 Å². The van der Waals surface area contributed by atoms with Crippen molar-refractivity contribution in [1.29, 1.82) is 0 Å². The monoisotopic (exact) mass is 663 g/mol. The minimum absolute atomic E-state index is 0.544. The van der Waals surface area contributed by atoms with E-state index in [0.29, 0.717) is 13.2 Å². The van der Waals surface area contributed by atoms with E-state index in [9.17, 15) is 0 Å². The van der Waals surface area contributed by atoms with Gasteiger partial charge in [0, 0.05) is 29.7 Å². The van der Waals surface area contributed by atoms with Crippen LogP contribution in [0.15, 0.2) is 188 Å². The topological polar surface area (TPSA) is 23.4 Å². The first kappa shape index (κ1) is 32.5.